The van der Waals surface area contributed by atoms with Gasteiger partial charge in [0.05, 0.1) is 22.5 Å². The van der Waals surface area contributed by atoms with E-state index in [1.165, 1.54) is 0 Å². The fourth-order valence-electron chi connectivity index (χ4n) is 4.21. The number of amides is 2. The van der Waals surface area contributed by atoms with Crippen LogP contribution in [0, 0.1) is 12.3 Å². The topological polar surface area (TPSA) is 85.7 Å². The van der Waals surface area contributed by atoms with Gasteiger partial charge in [0.15, 0.2) is 0 Å². The van der Waals surface area contributed by atoms with E-state index in [0.717, 1.165) is 11.4 Å². The van der Waals surface area contributed by atoms with Gasteiger partial charge in [-0.3, -0.25) is 4.68 Å². The number of hydrogen-bond acceptors (Lipinski definition) is 5. The Hall–Kier alpha value is -1.96. The second kappa shape index (κ2) is 7.62. The summed E-state index contributed by atoms with van der Waals surface area (Å²) in [5.41, 5.74) is 0.132. The molecule has 0 radical (unpaired) electrons. The van der Waals surface area contributed by atoms with Crippen LogP contribution >= 0.6 is 11.6 Å². The maximum Gasteiger partial charge on any atom is 0.410 e. The highest BCUT2D eigenvalue weighted by molar-refractivity contribution is 6.32. The molecule has 30 heavy (non-hydrogen) atoms. The van der Waals surface area contributed by atoms with E-state index < -0.39 is 17.3 Å². The van der Waals surface area contributed by atoms with Crippen molar-refractivity contribution in [3.8, 4) is 0 Å². The van der Waals surface area contributed by atoms with Gasteiger partial charge >= 0.3 is 12.2 Å². The normalized spacial score (nSPS) is 20.8. The average molecular weight is 441 g/mol. The predicted octanol–water partition coefficient (Wildman–Crippen LogP) is 4.44. The number of hydrogen-bond donors (Lipinski definition) is 1. The Morgan fingerprint density at radius 3 is 2.20 bits per heavy atom. The minimum Gasteiger partial charge on any atom is -0.444 e. The minimum absolute atomic E-state index is 0.283. The molecule has 8 nitrogen and oxygen atoms in total. The molecule has 0 aromatic carbocycles. The number of rotatable bonds is 1. The summed E-state index contributed by atoms with van der Waals surface area (Å²) in [6, 6.07) is -0.332. The maximum absolute atomic E-state index is 12.6. The number of likely N-dealkylation sites (tertiary alicyclic amines) is 1. The fraction of sp³-hybridized carbons (Fsp3) is 0.762. The van der Waals surface area contributed by atoms with Crippen molar-refractivity contribution in [1.82, 2.24) is 20.0 Å². The van der Waals surface area contributed by atoms with Crippen molar-refractivity contribution in [2.45, 2.75) is 85.1 Å². The van der Waals surface area contributed by atoms with E-state index in [0.29, 0.717) is 37.5 Å². The smallest absolute Gasteiger partial charge is 0.410 e. The lowest BCUT2D eigenvalue weighted by Gasteiger charge is -2.42. The van der Waals surface area contributed by atoms with Crippen LogP contribution < -0.4 is 5.32 Å². The van der Waals surface area contributed by atoms with Crippen molar-refractivity contribution < 1.29 is 19.1 Å². The highest BCUT2D eigenvalue weighted by atomic mass is 35.5. The first kappa shape index (κ1) is 22.7. The summed E-state index contributed by atoms with van der Waals surface area (Å²) in [5, 5.41) is 8.18. The van der Waals surface area contributed by atoms with E-state index in [9.17, 15) is 9.59 Å². The van der Waals surface area contributed by atoms with Gasteiger partial charge in [-0.15, -0.1) is 0 Å². The van der Waals surface area contributed by atoms with Crippen LogP contribution in [-0.2, 0) is 16.0 Å². The van der Waals surface area contributed by atoms with E-state index in [4.69, 9.17) is 21.1 Å². The molecule has 1 N–H and O–H groups in total. The van der Waals surface area contributed by atoms with Gasteiger partial charge < -0.3 is 19.7 Å². The van der Waals surface area contributed by atoms with Crippen molar-refractivity contribution >= 4 is 23.8 Å². The van der Waals surface area contributed by atoms with Crippen LogP contribution in [0.15, 0.2) is 0 Å². The molecular weight excluding hydrogens is 408 g/mol. The molecule has 168 valence electrons. The summed E-state index contributed by atoms with van der Waals surface area (Å²) in [6.07, 6.45) is 0.611. The number of nitrogens with one attached hydrogen (secondary N) is 1. The molecule has 1 aromatic rings. The summed E-state index contributed by atoms with van der Waals surface area (Å²) in [6.45, 7) is 14.7. The van der Waals surface area contributed by atoms with Gasteiger partial charge in [0.25, 0.3) is 0 Å². The first-order valence-corrected chi connectivity index (χ1v) is 10.8. The number of ether oxygens (including phenoxy) is 2. The summed E-state index contributed by atoms with van der Waals surface area (Å²) in [7, 11) is 0. The summed E-state index contributed by atoms with van der Waals surface area (Å²) >= 11 is 6.56. The molecule has 9 heteroatoms. The molecule has 0 saturated carbocycles. The quantitative estimate of drug-likeness (QED) is 0.697. The van der Waals surface area contributed by atoms with Gasteiger partial charge in [0, 0.05) is 25.0 Å². The van der Waals surface area contributed by atoms with E-state index >= 15 is 0 Å². The van der Waals surface area contributed by atoms with Crippen LogP contribution in [0.3, 0.4) is 0 Å². The van der Waals surface area contributed by atoms with Crippen LogP contribution in [0.2, 0.25) is 5.02 Å². The van der Waals surface area contributed by atoms with Crippen molar-refractivity contribution in [3.63, 3.8) is 0 Å². The van der Waals surface area contributed by atoms with Crippen LogP contribution in [0.1, 0.15) is 71.8 Å². The first-order valence-electron chi connectivity index (χ1n) is 10.4. The largest absolute Gasteiger partial charge is 0.444 e. The second-order valence-corrected chi connectivity index (χ2v) is 10.7. The second-order valence-electron chi connectivity index (χ2n) is 10.4. The third-order valence-corrected chi connectivity index (χ3v) is 5.98. The molecule has 0 bridgehead atoms. The molecule has 2 aliphatic rings. The maximum atomic E-state index is 12.6. The molecule has 1 fully saturated rings. The molecule has 2 amide bonds. The average Bonchev–Trinajstić information content (AvgIpc) is 2.99. The predicted molar refractivity (Wildman–Crippen MR) is 114 cm³/mol. The molecule has 0 unspecified atom stereocenters. The highest BCUT2D eigenvalue weighted by Crippen LogP contribution is 2.51. The van der Waals surface area contributed by atoms with E-state index in [1.54, 1.807) is 4.90 Å². The molecule has 3 rings (SSSR count). The molecule has 1 saturated heterocycles. The van der Waals surface area contributed by atoms with Gasteiger partial charge in [-0.1, -0.05) is 11.6 Å². The third-order valence-electron chi connectivity index (χ3n) is 5.51. The van der Waals surface area contributed by atoms with Crippen LogP contribution in [0.5, 0.6) is 0 Å². The molecule has 1 spiro atoms. The highest BCUT2D eigenvalue weighted by Gasteiger charge is 2.52. The Kier molecular flexibility index (Phi) is 5.77. The number of fused-ring (bicyclic) bond motifs is 1. The molecule has 0 aliphatic carbocycles. The molecular formula is C21H33ClN4O4. The Balaban J connectivity index is 1.80. The van der Waals surface area contributed by atoms with Crippen LogP contribution in [0.25, 0.3) is 0 Å². The Morgan fingerprint density at radius 1 is 1.10 bits per heavy atom. The monoisotopic (exact) mass is 440 g/mol. The van der Waals surface area contributed by atoms with Gasteiger partial charge in [-0.25, -0.2) is 9.59 Å². The molecule has 1 aromatic heterocycles. The van der Waals surface area contributed by atoms with E-state index in [2.05, 4.69) is 10.4 Å². The fourth-order valence-corrected chi connectivity index (χ4v) is 4.45. The minimum atomic E-state index is -0.601. The van der Waals surface area contributed by atoms with Crippen LogP contribution in [0.4, 0.5) is 9.59 Å². The zero-order chi connectivity index (χ0) is 22.5. The molecule has 2 aliphatic heterocycles. The summed E-state index contributed by atoms with van der Waals surface area (Å²) in [5.74, 6) is 0. The lowest BCUT2D eigenvalue weighted by Crippen LogP contribution is -2.50. The van der Waals surface area contributed by atoms with Gasteiger partial charge in [-0.05, 0) is 61.3 Å². The van der Waals surface area contributed by atoms with Gasteiger partial charge in [0.1, 0.15) is 11.2 Å². The number of piperidine rings is 1. The Labute approximate surface area is 183 Å². The zero-order valence-corrected chi connectivity index (χ0v) is 19.7. The van der Waals surface area contributed by atoms with Crippen molar-refractivity contribution in [2.75, 3.05) is 13.1 Å². The standard InChI is InChI=1S/C21H33ClN4O4/c1-13-14(22)15-16(23-17(27)29-19(2,3)4)21(12-26(15)24-13)8-10-25(11-9-21)18(28)30-20(5,6)7/h16H,8-12H2,1-7H3,(H,23,27)/t16-/m1/s1. The SMILES string of the molecule is Cc1nn2c(c1Cl)[C@@H](NC(=O)OC(C)(C)C)C1(CCN(C(=O)OC(C)(C)C)CC1)C2. The summed E-state index contributed by atoms with van der Waals surface area (Å²) < 4.78 is 12.9. The number of carbonyl (C=O) groups is 2. The zero-order valence-electron chi connectivity index (χ0n) is 19.0. The lowest BCUT2D eigenvalue weighted by molar-refractivity contribution is 0.00170. The molecule has 3 heterocycles. The van der Waals surface area contributed by atoms with Crippen molar-refractivity contribution in [3.05, 3.63) is 16.4 Å². The number of aryl methyl sites for hydroxylation is 1. The Bertz CT molecular complexity index is 829. The number of halogens is 1. The van der Waals surface area contributed by atoms with Crippen molar-refractivity contribution in [1.29, 1.82) is 0 Å². The number of alkyl carbamates (subject to hydrolysis) is 1. The third kappa shape index (κ3) is 4.68. The van der Waals surface area contributed by atoms with Gasteiger partial charge in [0.2, 0.25) is 0 Å². The number of carbonyl (C=O) groups excluding carboxylic acids is 2. The number of nitrogens with zero attached hydrogens (tertiary/aromatic N) is 3. The summed E-state index contributed by atoms with van der Waals surface area (Å²) in [4.78, 5) is 26.8. The molecule has 1 atom stereocenters. The van der Waals surface area contributed by atoms with Gasteiger partial charge in [-0.2, -0.15) is 5.10 Å². The van der Waals surface area contributed by atoms with E-state index in [-0.39, 0.29) is 17.6 Å². The van der Waals surface area contributed by atoms with Crippen molar-refractivity contribution in [2.24, 2.45) is 5.41 Å². The van der Waals surface area contributed by atoms with E-state index in [1.807, 2.05) is 53.1 Å². The van der Waals surface area contributed by atoms with Crippen LogP contribution in [-0.4, -0.2) is 51.2 Å². The number of aromatic nitrogens is 2. The Morgan fingerprint density at radius 2 is 1.67 bits per heavy atom. The lowest BCUT2D eigenvalue weighted by atomic mass is 9.73. The first-order chi connectivity index (χ1) is 13.7.